The Kier molecular flexibility index (Phi) is 8.41. The molecule has 4 heteroatoms. The van der Waals surface area contributed by atoms with Crippen LogP contribution < -0.4 is 4.74 Å². The zero-order valence-electron chi connectivity index (χ0n) is 17.8. The van der Waals surface area contributed by atoms with E-state index in [1.165, 1.54) is 31.7 Å². The van der Waals surface area contributed by atoms with Gasteiger partial charge < -0.3 is 4.74 Å². The summed E-state index contributed by atoms with van der Waals surface area (Å²) in [5, 5.41) is 0. The molecule has 0 amide bonds. The third-order valence-electron chi connectivity index (χ3n) is 6.22. The van der Waals surface area contributed by atoms with E-state index in [0.29, 0.717) is 18.6 Å². The molecular formula is C26H32F2O2. The van der Waals surface area contributed by atoms with Crippen LogP contribution in [-0.2, 0) is 17.6 Å². The van der Waals surface area contributed by atoms with Gasteiger partial charge in [0, 0.05) is 0 Å². The number of esters is 1. The van der Waals surface area contributed by atoms with E-state index >= 15 is 0 Å². The number of aryl methyl sites for hydroxylation is 2. The summed E-state index contributed by atoms with van der Waals surface area (Å²) < 4.78 is 31.9. The van der Waals surface area contributed by atoms with E-state index in [1.807, 2.05) is 24.3 Å². The van der Waals surface area contributed by atoms with Gasteiger partial charge in [-0.05, 0) is 79.8 Å². The first-order valence-electron chi connectivity index (χ1n) is 11.3. The second-order valence-corrected chi connectivity index (χ2v) is 8.53. The first kappa shape index (κ1) is 22.5. The van der Waals surface area contributed by atoms with E-state index in [2.05, 4.69) is 6.92 Å². The Hall–Kier alpha value is -2.23. The number of rotatable bonds is 9. The lowest BCUT2D eigenvalue weighted by molar-refractivity contribution is -0.140. The lowest BCUT2D eigenvalue weighted by Crippen LogP contribution is -2.25. The van der Waals surface area contributed by atoms with E-state index < -0.39 is 11.6 Å². The van der Waals surface area contributed by atoms with Crippen LogP contribution >= 0.6 is 0 Å². The molecule has 0 aromatic heterocycles. The summed E-state index contributed by atoms with van der Waals surface area (Å²) in [6.45, 7) is 2.23. The van der Waals surface area contributed by atoms with E-state index in [4.69, 9.17) is 4.74 Å². The number of halogens is 2. The fourth-order valence-corrected chi connectivity index (χ4v) is 4.28. The van der Waals surface area contributed by atoms with Crippen molar-refractivity contribution < 1.29 is 18.3 Å². The molecule has 0 atom stereocenters. The highest BCUT2D eigenvalue weighted by molar-refractivity contribution is 5.75. The average Bonchev–Trinajstić information content (AvgIpc) is 2.76. The maximum absolute atomic E-state index is 13.3. The predicted molar refractivity (Wildman–Crippen MR) is 115 cm³/mol. The van der Waals surface area contributed by atoms with Gasteiger partial charge in [-0.3, -0.25) is 4.79 Å². The zero-order valence-corrected chi connectivity index (χ0v) is 17.8. The Morgan fingerprint density at radius 3 is 2.23 bits per heavy atom. The molecule has 2 aromatic rings. The molecule has 30 heavy (non-hydrogen) atoms. The molecule has 1 fully saturated rings. The number of benzene rings is 2. The highest BCUT2D eigenvalue weighted by Crippen LogP contribution is 2.33. The molecule has 0 N–H and O–H groups in total. The summed E-state index contributed by atoms with van der Waals surface area (Å²) in [4.78, 5) is 12.5. The standard InChI is InChI=1S/C26H32F2O2/c1-2-3-4-5-19-8-13-22(14-9-19)26(29)30-23-15-10-20(11-16-23)6-7-21-12-17-24(27)25(28)18-21/h10-12,15-19,22H,2-9,13-14H2,1H3/t19-,22-. The molecule has 1 aliphatic carbocycles. The van der Waals surface area contributed by atoms with Crippen molar-refractivity contribution in [2.75, 3.05) is 0 Å². The third kappa shape index (κ3) is 6.65. The van der Waals surface area contributed by atoms with Crippen molar-refractivity contribution in [1.29, 1.82) is 0 Å². The van der Waals surface area contributed by atoms with Crippen LogP contribution in [0, 0.1) is 23.5 Å². The van der Waals surface area contributed by atoms with Crippen LogP contribution in [0.25, 0.3) is 0 Å². The van der Waals surface area contributed by atoms with Gasteiger partial charge in [-0.1, -0.05) is 50.8 Å². The Morgan fingerprint density at radius 1 is 0.900 bits per heavy atom. The van der Waals surface area contributed by atoms with E-state index in [1.54, 1.807) is 6.07 Å². The number of carbonyl (C=O) groups excluding carboxylic acids is 1. The summed E-state index contributed by atoms with van der Waals surface area (Å²) in [6, 6.07) is 11.5. The maximum atomic E-state index is 13.3. The van der Waals surface area contributed by atoms with Crippen LogP contribution in [0.5, 0.6) is 5.75 Å². The SMILES string of the molecule is CCCCC[C@H]1CC[C@H](C(=O)Oc2ccc(CCc3ccc(F)c(F)c3)cc2)CC1. The molecule has 2 aromatic carbocycles. The van der Waals surface area contributed by atoms with Crippen molar-refractivity contribution in [3.63, 3.8) is 0 Å². The van der Waals surface area contributed by atoms with E-state index in [0.717, 1.165) is 48.8 Å². The van der Waals surface area contributed by atoms with Crippen molar-refractivity contribution in [1.82, 2.24) is 0 Å². The molecule has 0 heterocycles. The molecule has 0 saturated heterocycles. The van der Waals surface area contributed by atoms with Crippen LogP contribution in [0.15, 0.2) is 42.5 Å². The molecule has 0 unspecified atom stereocenters. The predicted octanol–water partition coefficient (Wildman–Crippen LogP) is 7.04. The van der Waals surface area contributed by atoms with Gasteiger partial charge in [0.25, 0.3) is 0 Å². The third-order valence-corrected chi connectivity index (χ3v) is 6.22. The number of unbranched alkanes of at least 4 members (excludes halogenated alkanes) is 2. The van der Waals surface area contributed by atoms with Crippen molar-refractivity contribution in [3.8, 4) is 5.75 Å². The van der Waals surface area contributed by atoms with Crippen molar-refractivity contribution in [2.45, 2.75) is 71.1 Å². The Balaban J connectivity index is 1.42. The molecular weight excluding hydrogens is 382 g/mol. The first-order valence-corrected chi connectivity index (χ1v) is 11.3. The normalized spacial score (nSPS) is 18.9. The second-order valence-electron chi connectivity index (χ2n) is 8.53. The summed E-state index contributed by atoms with van der Waals surface area (Å²) >= 11 is 0. The minimum absolute atomic E-state index is 0.0143. The molecule has 2 nitrogen and oxygen atoms in total. The molecule has 1 aliphatic rings. The van der Waals surface area contributed by atoms with Gasteiger partial charge in [0.05, 0.1) is 5.92 Å². The quantitative estimate of drug-likeness (QED) is 0.250. The lowest BCUT2D eigenvalue weighted by atomic mass is 9.80. The lowest BCUT2D eigenvalue weighted by Gasteiger charge is -2.27. The van der Waals surface area contributed by atoms with Crippen LogP contribution in [0.3, 0.4) is 0 Å². The minimum atomic E-state index is -0.824. The maximum Gasteiger partial charge on any atom is 0.314 e. The molecule has 1 saturated carbocycles. The smallest absolute Gasteiger partial charge is 0.314 e. The largest absolute Gasteiger partial charge is 0.426 e. The average molecular weight is 415 g/mol. The van der Waals surface area contributed by atoms with E-state index in [-0.39, 0.29) is 11.9 Å². The van der Waals surface area contributed by atoms with Gasteiger partial charge in [-0.25, -0.2) is 8.78 Å². The molecule has 3 rings (SSSR count). The fourth-order valence-electron chi connectivity index (χ4n) is 4.28. The topological polar surface area (TPSA) is 26.3 Å². The molecule has 0 bridgehead atoms. The van der Waals surface area contributed by atoms with E-state index in [9.17, 15) is 13.6 Å². The van der Waals surface area contributed by atoms with Gasteiger partial charge in [0.1, 0.15) is 5.75 Å². The summed E-state index contributed by atoms with van der Waals surface area (Å²) in [5.74, 6) is -0.396. The van der Waals surface area contributed by atoms with Crippen molar-refractivity contribution >= 4 is 5.97 Å². The van der Waals surface area contributed by atoms with Crippen LogP contribution in [-0.4, -0.2) is 5.97 Å². The summed E-state index contributed by atoms with van der Waals surface area (Å²) in [6.07, 6.45) is 10.6. The number of hydrogen-bond acceptors (Lipinski definition) is 2. The summed E-state index contributed by atoms with van der Waals surface area (Å²) in [5.41, 5.74) is 1.82. The highest BCUT2D eigenvalue weighted by Gasteiger charge is 2.27. The Bertz CT molecular complexity index is 808. The van der Waals surface area contributed by atoms with Gasteiger partial charge in [0.2, 0.25) is 0 Å². The van der Waals surface area contributed by atoms with Crippen molar-refractivity contribution in [3.05, 3.63) is 65.2 Å². The van der Waals surface area contributed by atoms with Gasteiger partial charge in [-0.2, -0.15) is 0 Å². The van der Waals surface area contributed by atoms with Crippen LogP contribution in [0.1, 0.15) is 69.4 Å². The highest BCUT2D eigenvalue weighted by atomic mass is 19.2. The fraction of sp³-hybridized carbons (Fsp3) is 0.500. The zero-order chi connectivity index (χ0) is 21.3. The van der Waals surface area contributed by atoms with Crippen molar-refractivity contribution in [2.24, 2.45) is 11.8 Å². The molecule has 0 spiro atoms. The van der Waals surface area contributed by atoms with Gasteiger partial charge in [0.15, 0.2) is 11.6 Å². The summed E-state index contributed by atoms with van der Waals surface area (Å²) in [7, 11) is 0. The molecule has 162 valence electrons. The monoisotopic (exact) mass is 414 g/mol. The second kappa shape index (κ2) is 11.2. The molecule has 0 aliphatic heterocycles. The van der Waals surface area contributed by atoms with Gasteiger partial charge in [-0.15, -0.1) is 0 Å². The Morgan fingerprint density at radius 2 is 1.57 bits per heavy atom. The Labute approximate surface area is 178 Å². The molecule has 0 radical (unpaired) electrons. The number of carbonyl (C=O) groups is 1. The number of ether oxygens (including phenoxy) is 1. The van der Waals surface area contributed by atoms with Crippen LogP contribution in [0.2, 0.25) is 0 Å². The first-order chi connectivity index (χ1) is 14.5. The minimum Gasteiger partial charge on any atom is -0.426 e. The number of hydrogen-bond donors (Lipinski definition) is 0. The van der Waals surface area contributed by atoms with Crippen LogP contribution in [0.4, 0.5) is 8.78 Å². The van der Waals surface area contributed by atoms with Gasteiger partial charge >= 0.3 is 5.97 Å².